The Hall–Kier alpha value is -2.50. The maximum absolute atomic E-state index is 12.2. The molecule has 0 saturated heterocycles. The van der Waals surface area contributed by atoms with Crippen LogP contribution in [0.1, 0.15) is 15.9 Å². The van der Waals surface area contributed by atoms with Crippen LogP contribution in [0.5, 0.6) is 0 Å². The molecule has 0 spiro atoms. The highest BCUT2D eigenvalue weighted by Crippen LogP contribution is 2.18. The second-order valence-corrected chi connectivity index (χ2v) is 3.69. The number of rotatable bonds is 1. The van der Waals surface area contributed by atoms with Gasteiger partial charge in [-0.1, -0.05) is 18.2 Å². The molecule has 84 valence electrons. The number of imide groups is 1. The van der Waals surface area contributed by atoms with Crippen LogP contribution in [0.2, 0.25) is 0 Å². The average Bonchev–Trinajstić information content (AvgIpc) is 2.83. The number of carbonyl (C=O) groups excluding carboxylic acids is 2. The summed E-state index contributed by atoms with van der Waals surface area (Å²) in [7, 11) is 0. The molecule has 0 N–H and O–H groups in total. The molecule has 1 aliphatic rings. The maximum atomic E-state index is 12.2. The highest BCUT2D eigenvalue weighted by atomic mass is 16.2. The van der Waals surface area contributed by atoms with E-state index >= 15 is 0 Å². The minimum absolute atomic E-state index is 0.208. The van der Waals surface area contributed by atoms with Crippen LogP contribution >= 0.6 is 0 Å². The number of benzene rings is 1. The summed E-state index contributed by atoms with van der Waals surface area (Å²) in [6, 6.07) is 7.08. The van der Waals surface area contributed by atoms with E-state index in [0.717, 1.165) is 10.6 Å². The largest absolute Gasteiger partial charge is 0.280 e. The minimum atomic E-state index is -0.350. The Balaban J connectivity index is 2.10. The van der Waals surface area contributed by atoms with E-state index in [1.807, 2.05) is 6.07 Å². The number of carbonyl (C=O) groups is 2. The average molecular weight is 228 g/mol. The molecular formula is C11H8N4O2. The molecule has 0 radical (unpaired) electrons. The Labute approximate surface area is 96.5 Å². The molecule has 6 heteroatoms. The minimum Gasteiger partial charge on any atom is -0.272 e. The van der Waals surface area contributed by atoms with Crippen LogP contribution in [-0.4, -0.2) is 26.7 Å². The van der Waals surface area contributed by atoms with E-state index in [1.165, 1.54) is 17.3 Å². The molecule has 17 heavy (non-hydrogen) atoms. The van der Waals surface area contributed by atoms with Crippen LogP contribution in [0.25, 0.3) is 0 Å². The van der Waals surface area contributed by atoms with Crippen molar-refractivity contribution in [2.75, 3.05) is 5.01 Å². The van der Waals surface area contributed by atoms with E-state index in [-0.39, 0.29) is 18.2 Å². The summed E-state index contributed by atoms with van der Waals surface area (Å²) >= 11 is 0. The number of nitrogens with zero attached hydrogens (tertiary/aromatic N) is 4. The lowest BCUT2D eigenvalue weighted by molar-refractivity contribution is -0.119. The fourth-order valence-corrected chi connectivity index (χ4v) is 1.88. The van der Waals surface area contributed by atoms with E-state index in [1.54, 1.807) is 18.2 Å². The Morgan fingerprint density at radius 3 is 2.53 bits per heavy atom. The third-order valence-electron chi connectivity index (χ3n) is 2.66. The van der Waals surface area contributed by atoms with Gasteiger partial charge in [0.05, 0.1) is 6.42 Å². The van der Waals surface area contributed by atoms with Crippen molar-refractivity contribution in [2.24, 2.45) is 0 Å². The van der Waals surface area contributed by atoms with E-state index in [2.05, 4.69) is 10.2 Å². The molecule has 6 nitrogen and oxygen atoms in total. The molecule has 2 aromatic rings. The summed E-state index contributed by atoms with van der Waals surface area (Å²) in [5.41, 5.74) is 1.30. The first kappa shape index (κ1) is 9.71. The molecule has 0 saturated carbocycles. The molecule has 3 rings (SSSR count). The van der Waals surface area contributed by atoms with Gasteiger partial charge in [-0.3, -0.25) is 9.59 Å². The molecule has 0 atom stereocenters. The second-order valence-electron chi connectivity index (χ2n) is 3.69. The van der Waals surface area contributed by atoms with Crippen molar-refractivity contribution in [3.63, 3.8) is 0 Å². The highest BCUT2D eigenvalue weighted by Gasteiger charge is 2.31. The van der Waals surface area contributed by atoms with Crippen molar-refractivity contribution < 1.29 is 9.59 Å². The predicted molar refractivity (Wildman–Crippen MR) is 57.7 cm³/mol. The van der Waals surface area contributed by atoms with E-state index in [0.29, 0.717) is 5.56 Å². The summed E-state index contributed by atoms with van der Waals surface area (Å²) in [4.78, 5) is 24.0. The quantitative estimate of drug-likeness (QED) is 0.651. The van der Waals surface area contributed by atoms with Gasteiger partial charge in [-0.05, 0) is 11.6 Å². The summed E-state index contributed by atoms with van der Waals surface area (Å²) in [5, 5.41) is 8.22. The molecule has 0 bridgehead atoms. The van der Waals surface area contributed by atoms with Gasteiger partial charge in [0.15, 0.2) is 0 Å². The summed E-state index contributed by atoms with van der Waals surface area (Å²) in [6.07, 6.45) is 2.85. The van der Waals surface area contributed by atoms with Crippen LogP contribution in [0, 0.1) is 0 Å². The molecule has 0 unspecified atom stereocenters. The number of hydrogen-bond donors (Lipinski definition) is 0. The van der Waals surface area contributed by atoms with Crippen molar-refractivity contribution in [1.82, 2.24) is 14.9 Å². The van der Waals surface area contributed by atoms with E-state index in [4.69, 9.17) is 0 Å². The Kier molecular flexibility index (Phi) is 2.01. The lowest BCUT2D eigenvalue weighted by atomic mass is 10.00. The molecule has 2 heterocycles. The predicted octanol–water partition coefficient (Wildman–Crippen LogP) is 0.139. The van der Waals surface area contributed by atoms with Gasteiger partial charge in [-0.25, -0.2) is 4.68 Å². The van der Waals surface area contributed by atoms with E-state index < -0.39 is 0 Å². The molecule has 1 aromatic carbocycles. The van der Waals surface area contributed by atoms with Crippen LogP contribution in [0.15, 0.2) is 36.9 Å². The van der Waals surface area contributed by atoms with Crippen molar-refractivity contribution in [2.45, 2.75) is 6.42 Å². The van der Waals surface area contributed by atoms with Crippen LogP contribution in [-0.2, 0) is 11.2 Å². The first-order valence-corrected chi connectivity index (χ1v) is 5.07. The zero-order valence-corrected chi connectivity index (χ0v) is 8.78. The van der Waals surface area contributed by atoms with Crippen LogP contribution in [0.4, 0.5) is 0 Å². The third-order valence-corrected chi connectivity index (χ3v) is 2.66. The van der Waals surface area contributed by atoms with Crippen molar-refractivity contribution in [3.05, 3.63) is 48.0 Å². The molecular weight excluding hydrogens is 220 g/mol. The smallest absolute Gasteiger partial charge is 0.272 e. The number of fused-ring (bicyclic) bond motifs is 1. The summed E-state index contributed by atoms with van der Waals surface area (Å²) in [6.45, 7) is 0. The fourth-order valence-electron chi connectivity index (χ4n) is 1.88. The Bertz CT molecular complexity index is 591. The SMILES string of the molecule is O=C1Cc2ccccc2C(=O)N1n1cnnc1. The van der Waals surface area contributed by atoms with Gasteiger partial charge in [0.2, 0.25) is 0 Å². The second kappa shape index (κ2) is 3.51. The standard InChI is InChI=1S/C11H8N4O2/c16-10-5-8-3-1-2-4-9(8)11(17)15(10)14-6-12-13-7-14/h1-4,6-7H,5H2. The first-order chi connectivity index (χ1) is 8.27. The molecule has 1 aromatic heterocycles. The fraction of sp³-hybridized carbons (Fsp3) is 0.0909. The van der Waals surface area contributed by atoms with Gasteiger partial charge >= 0.3 is 0 Å². The van der Waals surface area contributed by atoms with Gasteiger partial charge in [-0.2, -0.15) is 5.01 Å². The number of hydrogen-bond acceptors (Lipinski definition) is 4. The summed E-state index contributed by atoms with van der Waals surface area (Å²) < 4.78 is 1.29. The Morgan fingerprint density at radius 1 is 1.06 bits per heavy atom. The molecule has 1 aliphatic heterocycles. The molecule has 2 amide bonds. The molecule has 0 aliphatic carbocycles. The van der Waals surface area contributed by atoms with Gasteiger partial charge in [0.1, 0.15) is 12.7 Å². The molecule has 0 fully saturated rings. The monoisotopic (exact) mass is 228 g/mol. The van der Waals surface area contributed by atoms with Gasteiger partial charge in [0.25, 0.3) is 11.8 Å². The van der Waals surface area contributed by atoms with Gasteiger partial charge < -0.3 is 0 Å². The van der Waals surface area contributed by atoms with Crippen molar-refractivity contribution in [1.29, 1.82) is 0 Å². The topological polar surface area (TPSA) is 68.1 Å². The first-order valence-electron chi connectivity index (χ1n) is 5.07. The number of aromatic nitrogens is 3. The van der Waals surface area contributed by atoms with Crippen LogP contribution < -0.4 is 5.01 Å². The van der Waals surface area contributed by atoms with E-state index in [9.17, 15) is 9.59 Å². The lowest BCUT2D eigenvalue weighted by Crippen LogP contribution is -2.49. The maximum Gasteiger partial charge on any atom is 0.280 e. The number of amides is 2. The van der Waals surface area contributed by atoms with Crippen LogP contribution in [0.3, 0.4) is 0 Å². The van der Waals surface area contributed by atoms with Gasteiger partial charge in [-0.15, -0.1) is 10.2 Å². The van der Waals surface area contributed by atoms with Crippen molar-refractivity contribution in [3.8, 4) is 0 Å². The lowest BCUT2D eigenvalue weighted by Gasteiger charge is -2.26. The zero-order chi connectivity index (χ0) is 11.8. The van der Waals surface area contributed by atoms with Gasteiger partial charge in [0, 0.05) is 5.56 Å². The zero-order valence-electron chi connectivity index (χ0n) is 8.78. The van der Waals surface area contributed by atoms with Crippen molar-refractivity contribution >= 4 is 11.8 Å². The normalized spacial score (nSPS) is 14.9. The third kappa shape index (κ3) is 1.42. The Morgan fingerprint density at radius 2 is 1.76 bits per heavy atom. The summed E-state index contributed by atoms with van der Waals surface area (Å²) in [5.74, 6) is -0.634. The highest BCUT2D eigenvalue weighted by molar-refractivity contribution is 6.19.